The van der Waals surface area contributed by atoms with Crippen LogP contribution in [0.25, 0.3) is 0 Å². The van der Waals surface area contributed by atoms with Crippen molar-refractivity contribution in [2.45, 2.75) is 50.7 Å². The third kappa shape index (κ3) is 22.0. The van der Waals surface area contributed by atoms with E-state index in [-0.39, 0.29) is 25.2 Å². The number of methoxy groups -OCH3 is 2. The van der Waals surface area contributed by atoms with Crippen LogP contribution in [0.5, 0.6) is 5.75 Å². The van der Waals surface area contributed by atoms with Crippen LogP contribution in [0.15, 0.2) is 42.9 Å². The minimum Gasteiger partial charge on any atom is -0.481 e. The van der Waals surface area contributed by atoms with E-state index < -0.39 is 54.4 Å². The molecule has 17 heteroatoms. The maximum atomic E-state index is 10.6. The molecule has 1 aromatic heterocycles. The fourth-order valence-corrected chi connectivity index (χ4v) is 2.34. The molecule has 17 nitrogen and oxygen atoms in total. The number of aromatic amines is 1. The van der Waals surface area contributed by atoms with Gasteiger partial charge >= 0.3 is 35.8 Å². The van der Waals surface area contributed by atoms with Gasteiger partial charge in [-0.15, -0.1) is 0 Å². The van der Waals surface area contributed by atoms with Crippen molar-refractivity contribution in [3.05, 3.63) is 48.5 Å². The number of aliphatic carboxylic acids is 3. The molecule has 234 valence electrons. The monoisotopic (exact) mass is 599 g/mol. The number of benzene rings is 1. The second-order valence-electron chi connectivity index (χ2n) is 7.91. The number of hydrogen-bond donors (Lipinski definition) is 7. The molecular formula is C25H37N5O12. The number of rotatable bonds is 11. The number of nitrogens with one attached hydrogen (secondary N) is 1. The van der Waals surface area contributed by atoms with Crippen LogP contribution < -0.4 is 21.9 Å². The second-order valence-corrected chi connectivity index (χ2v) is 7.91. The van der Waals surface area contributed by atoms with Crippen LogP contribution in [-0.4, -0.2) is 93.4 Å². The summed E-state index contributed by atoms with van der Waals surface area (Å²) >= 11 is 0. The number of H-pyrrole nitrogens is 1. The summed E-state index contributed by atoms with van der Waals surface area (Å²) in [5, 5.41) is 24.8. The lowest BCUT2D eigenvalue weighted by Gasteiger charge is -2.05. The first-order valence-corrected chi connectivity index (χ1v) is 11.9. The lowest BCUT2D eigenvalue weighted by molar-refractivity contribution is -0.147. The molecule has 2 aromatic rings. The van der Waals surface area contributed by atoms with Crippen LogP contribution in [0.1, 0.15) is 31.9 Å². The summed E-state index contributed by atoms with van der Waals surface area (Å²) in [7, 11) is 2.37. The van der Waals surface area contributed by atoms with Crippen LogP contribution in [-0.2, 0) is 44.7 Å². The lowest BCUT2D eigenvalue weighted by atomic mass is 10.2. The highest BCUT2D eigenvalue weighted by molar-refractivity contribution is 5.81. The molecule has 0 amide bonds. The fourth-order valence-electron chi connectivity index (χ4n) is 2.34. The number of esters is 3. The summed E-state index contributed by atoms with van der Waals surface area (Å²) in [6.07, 6.45) is 2.98. The largest absolute Gasteiger partial charge is 0.481 e. The molecule has 0 bridgehead atoms. The number of carbonyl (C=O) groups excluding carboxylic acids is 3. The molecule has 0 aliphatic heterocycles. The molecule has 0 fully saturated rings. The first-order valence-electron chi connectivity index (χ1n) is 11.9. The molecule has 0 unspecified atom stereocenters. The Hall–Kier alpha value is -4.87. The zero-order valence-corrected chi connectivity index (χ0v) is 23.3. The van der Waals surface area contributed by atoms with Crippen molar-refractivity contribution in [1.82, 2.24) is 9.97 Å². The molecule has 42 heavy (non-hydrogen) atoms. The molecule has 0 radical (unpaired) electrons. The Bertz CT molecular complexity index is 1100. The molecule has 2 rings (SSSR count). The number of carboxylic acids is 3. The molecule has 0 aliphatic rings. The van der Waals surface area contributed by atoms with Gasteiger partial charge in [-0.1, -0.05) is 18.2 Å². The van der Waals surface area contributed by atoms with Gasteiger partial charge in [-0.3, -0.25) is 28.8 Å². The van der Waals surface area contributed by atoms with E-state index in [2.05, 4.69) is 19.4 Å². The van der Waals surface area contributed by atoms with Crippen LogP contribution in [0.4, 0.5) is 0 Å². The lowest BCUT2D eigenvalue weighted by Crippen LogP contribution is -2.33. The van der Waals surface area contributed by atoms with Gasteiger partial charge in [0.05, 0.1) is 32.7 Å². The predicted molar refractivity (Wildman–Crippen MR) is 145 cm³/mol. The summed E-state index contributed by atoms with van der Waals surface area (Å²) in [5.41, 5.74) is 16.2. The van der Waals surface area contributed by atoms with Crippen LogP contribution >= 0.6 is 0 Å². The second kappa shape index (κ2) is 22.9. The Morgan fingerprint density at radius 3 is 1.81 bits per heavy atom. The summed E-state index contributed by atoms with van der Waals surface area (Å²) in [6, 6.07) is 6.24. The number of nitrogens with two attached hydrogens (primary N) is 3. The molecule has 0 spiro atoms. The molecule has 10 N–H and O–H groups in total. The van der Waals surface area contributed by atoms with Crippen molar-refractivity contribution in [1.29, 1.82) is 0 Å². The quantitative estimate of drug-likeness (QED) is 0.124. The van der Waals surface area contributed by atoms with Crippen molar-refractivity contribution >= 4 is 35.8 Å². The smallest absolute Gasteiger partial charge is 0.323 e. The predicted octanol–water partition coefficient (Wildman–Crippen LogP) is -0.711. The maximum absolute atomic E-state index is 10.6. The molecule has 1 heterocycles. The Balaban J connectivity index is 0. The van der Waals surface area contributed by atoms with Gasteiger partial charge in [0.2, 0.25) is 0 Å². The summed E-state index contributed by atoms with van der Waals surface area (Å²) in [6.45, 7) is 1.38. The molecule has 0 saturated heterocycles. The van der Waals surface area contributed by atoms with E-state index in [1.807, 2.05) is 18.2 Å². The SMILES string of the molecule is CC(=O)Oc1ccccc1.COC(=O)[C@@H](N)CC(=O)O.COC(=O)[C@@H](N)CCC(=O)O.N[C@@H](Cc1c[nH]cn1)C(=O)O. The van der Waals surface area contributed by atoms with Gasteiger partial charge in [0, 0.05) is 26.0 Å². The van der Waals surface area contributed by atoms with E-state index >= 15 is 0 Å². The standard InChI is InChI=1S/C8H8O2.C6H9N3O2.C6H11NO4.C5H9NO4/c1-7(9)10-8-5-3-2-4-6-8;7-5(6(10)11)1-4-2-8-3-9-4;1-11-6(10)4(7)2-3-5(8)9;1-10-5(9)3(6)2-4(7)8/h2-6H,1H3;2-3,5H,1,7H2,(H,8,9)(H,10,11);4H,2-3,7H2,1H3,(H,8,9);3H,2,6H2,1H3,(H,7,8)/t;5-;4-;3-/m.000/s1. The summed E-state index contributed by atoms with van der Waals surface area (Å²) in [4.78, 5) is 68.2. The Morgan fingerprint density at radius 2 is 1.40 bits per heavy atom. The summed E-state index contributed by atoms with van der Waals surface area (Å²) in [5.74, 6) is -4.06. The first-order chi connectivity index (χ1) is 19.6. The van der Waals surface area contributed by atoms with Gasteiger partial charge < -0.3 is 51.7 Å². The highest BCUT2D eigenvalue weighted by Crippen LogP contribution is 2.07. The third-order valence-electron chi connectivity index (χ3n) is 4.38. The Morgan fingerprint density at radius 1 is 0.857 bits per heavy atom. The van der Waals surface area contributed by atoms with Crippen molar-refractivity contribution in [2.75, 3.05) is 14.2 Å². The van der Waals surface area contributed by atoms with Crippen LogP contribution in [0.3, 0.4) is 0 Å². The number of para-hydroxylation sites is 1. The zero-order chi connectivity index (χ0) is 32.7. The third-order valence-corrected chi connectivity index (χ3v) is 4.38. The minimum absolute atomic E-state index is 0.113. The maximum Gasteiger partial charge on any atom is 0.323 e. The van der Waals surface area contributed by atoms with E-state index in [1.54, 1.807) is 18.3 Å². The van der Waals surface area contributed by atoms with Gasteiger partial charge in [-0.25, -0.2) is 4.98 Å². The Kier molecular flexibility index (Phi) is 21.4. The topological polar surface area (TPSA) is 298 Å². The van der Waals surface area contributed by atoms with E-state index in [0.29, 0.717) is 11.4 Å². The summed E-state index contributed by atoms with van der Waals surface area (Å²) < 4.78 is 13.2. The number of aromatic nitrogens is 2. The van der Waals surface area contributed by atoms with Crippen LogP contribution in [0.2, 0.25) is 0 Å². The average molecular weight is 600 g/mol. The normalized spacial score (nSPS) is 11.6. The van der Waals surface area contributed by atoms with Gasteiger partial charge in [0.25, 0.3) is 0 Å². The van der Waals surface area contributed by atoms with E-state index in [1.165, 1.54) is 20.4 Å². The van der Waals surface area contributed by atoms with Gasteiger partial charge in [-0.2, -0.15) is 0 Å². The van der Waals surface area contributed by atoms with Gasteiger partial charge in [0.15, 0.2) is 0 Å². The molecule has 3 atom stereocenters. The first kappa shape index (κ1) is 39.3. The van der Waals surface area contributed by atoms with E-state index in [9.17, 15) is 28.8 Å². The number of ether oxygens (including phenoxy) is 3. The van der Waals surface area contributed by atoms with E-state index in [0.717, 1.165) is 7.11 Å². The average Bonchev–Trinajstić information content (AvgIpc) is 3.44. The zero-order valence-electron chi connectivity index (χ0n) is 23.3. The Labute approximate surface area is 240 Å². The molecular weight excluding hydrogens is 562 g/mol. The number of carbonyl (C=O) groups is 6. The molecule has 0 saturated carbocycles. The van der Waals surface area contributed by atoms with Crippen molar-refractivity contribution in [3.63, 3.8) is 0 Å². The molecule has 0 aliphatic carbocycles. The number of hydrogen-bond acceptors (Lipinski definition) is 13. The van der Waals surface area contributed by atoms with Crippen molar-refractivity contribution in [2.24, 2.45) is 17.2 Å². The van der Waals surface area contributed by atoms with Crippen LogP contribution in [0, 0.1) is 0 Å². The minimum atomic E-state index is -1.11. The highest BCUT2D eigenvalue weighted by atomic mass is 16.5. The van der Waals surface area contributed by atoms with Gasteiger partial charge in [-0.05, 0) is 18.6 Å². The molecule has 1 aromatic carbocycles. The fraction of sp³-hybridized carbons (Fsp3) is 0.400. The number of imidazole rings is 1. The van der Waals surface area contributed by atoms with E-state index in [4.69, 9.17) is 37.3 Å². The van der Waals surface area contributed by atoms with Crippen molar-refractivity contribution in [3.8, 4) is 5.75 Å². The number of nitrogens with zero attached hydrogens (tertiary/aromatic N) is 1. The number of carboxylic acid groups (broad SMARTS) is 3. The van der Waals surface area contributed by atoms with Gasteiger partial charge in [0.1, 0.15) is 23.9 Å². The highest BCUT2D eigenvalue weighted by Gasteiger charge is 2.17. The van der Waals surface area contributed by atoms with Crippen molar-refractivity contribution < 1.29 is 58.3 Å².